The smallest absolute Gasteiger partial charge is 0.262 e. The first-order valence-electron chi connectivity index (χ1n) is 8.91. The Labute approximate surface area is 172 Å². The summed E-state index contributed by atoms with van der Waals surface area (Å²) in [5, 5.41) is 15.1. The molecule has 150 valence electrons. The highest BCUT2D eigenvalue weighted by Crippen LogP contribution is 2.28. The van der Waals surface area contributed by atoms with Crippen LogP contribution < -0.4 is 22.1 Å². The lowest BCUT2D eigenvalue weighted by Gasteiger charge is -2.24. The Bertz CT molecular complexity index is 1080. The van der Waals surface area contributed by atoms with E-state index in [1.807, 2.05) is 0 Å². The number of benzene rings is 3. The fourth-order valence-corrected chi connectivity index (χ4v) is 2.90. The van der Waals surface area contributed by atoms with Crippen LogP contribution in [-0.2, 0) is 0 Å². The standard InChI is InChI=1S/C22H20N6O2/c23-19(24)13-4-8-17(9-5-13)28(18-10-6-14(7-11-18)20(25)26)22(30)16-3-1-2-15(12-16)21(27)29/h1-12H,(H3,23,24)(H3,25,26)(H2,27,29). The molecule has 0 bridgehead atoms. The molecule has 30 heavy (non-hydrogen) atoms. The van der Waals surface area contributed by atoms with Gasteiger partial charge in [-0.3, -0.25) is 25.3 Å². The van der Waals surface area contributed by atoms with Crippen molar-refractivity contribution in [3.63, 3.8) is 0 Å². The van der Waals surface area contributed by atoms with E-state index in [1.54, 1.807) is 60.7 Å². The zero-order chi connectivity index (χ0) is 21.8. The molecule has 0 radical (unpaired) electrons. The highest BCUT2D eigenvalue weighted by Gasteiger charge is 2.21. The highest BCUT2D eigenvalue weighted by atomic mass is 16.2. The molecule has 2 amide bonds. The number of carbonyl (C=O) groups is 2. The molecular formula is C22H20N6O2. The van der Waals surface area contributed by atoms with Gasteiger partial charge in [0.1, 0.15) is 11.7 Å². The second kappa shape index (κ2) is 8.27. The van der Waals surface area contributed by atoms with Gasteiger partial charge < -0.3 is 17.2 Å². The van der Waals surface area contributed by atoms with Gasteiger partial charge in [0.2, 0.25) is 5.91 Å². The highest BCUT2D eigenvalue weighted by molar-refractivity contribution is 6.12. The van der Waals surface area contributed by atoms with E-state index in [2.05, 4.69) is 0 Å². The number of anilines is 2. The van der Waals surface area contributed by atoms with Crippen molar-refractivity contribution in [1.82, 2.24) is 0 Å². The van der Waals surface area contributed by atoms with Crippen LogP contribution in [0.4, 0.5) is 11.4 Å². The van der Waals surface area contributed by atoms with Crippen molar-refractivity contribution in [2.45, 2.75) is 0 Å². The number of hydrogen-bond donors (Lipinski definition) is 5. The summed E-state index contributed by atoms with van der Waals surface area (Å²) < 4.78 is 0. The molecule has 8 N–H and O–H groups in total. The number of carbonyl (C=O) groups excluding carboxylic acids is 2. The average molecular weight is 400 g/mol. The Hall–Kier alpha value is -4.46. The number of primary amides is 1. The maximum absolute atomic E-state index is 13.4. The van der Waals surface area contributed by atoms with E-state index in [9.17, 15) is 9.59 Å². The van der Waals surface area contributed by atoms with Crippen LogP contribution >= 0.6 is 0 Å². The van der Waals surface area contributed by atoms with Gasteiger partial charge in [-0.2, -0.15) is 0 Å². The zero-order valence-electron chi connectivity index (χ0n) is 15.9. The summed E-state index contributed by atoms with van der Waals surface area (Å²) in [7, 11) is 0. The second-order valence-electron chi connectivity index (χ2n) is 6.51. The minimum atomic E-state index is -0.632. The Morgan fingerprint density at radius 2 is 1.07 bits per heavy atom. The Morgan fingerprint density at radius 1 is 0.633 bits per heavy atom. The number of amidine groups is 2. The molecular weight excluding hydrogens is 380 g/mol. The summed E-state index contributed by atoms with van der Waals surface area (Å²) in [6.07, 6.45) is 0. The molecule has 0 aliphatic heterocycles. The van der Waals surface area contributed by atoms with Crippen LogP contribution in [0.3, 0.4) is 0 Å². The maximum atomic E-state index is 13.4. The largest absolute Gasteiger partial charge is 0.384 e. The minimum absolute atomic E-state index is 0.0839. The monoisotopic (exact) mass is 400 g/mol. The van der Waals surface area contributed by atoms with E-state index in [-0.39, 0.29) is 28.7 Å². The van der Waals surface area contributed by atoms with Gasteiger partial charge in [-0.05, 0) is 66.7 Å². The van der Waals surface area contributed by atoms with E-state index < -0.39 is 5.91 Å². The van der Waals surface area contributed by atoms with Crippen LogP contribution in [0.1, 0.15) is 31.8 Å². The summed E-state index contributed by atoms with van der Waals surface area (Å²) >= 11 is 0. The first-order chi connectivity index (χ1) is 14.3. The van der Waals surface area contributed by atoms with Gasteiger partial charge in [0.25, 0.3) is 5.91 Å². The number of rotatable bonds is 6. The third kappa shape index (κ3) is 4.17. The molecule has 0 heterocycles. The van der Waals surface area contributed by atoms with Crippen LogP contribution in [0.2, 0.25) is 0 Å². The number of nitrogen functional groups attached to an aromatic ring is 2. The molecule has 0 unspecified atom stereocenters. The van der Waals surface area contributed by atoms with Crippen molar-refractivity contribution >= 4 is 34.9 Å². The Balaban J connectivity index is 2.10. The van der Waals surface area contributed by atoms with Gasteiger partial charge in [0, 0.05) is 33.6 Å². The molecule has 0 atom stereocenters. The van der Waals surface area contributed by atoms with Crippen molar-refractivity contribution in [3.05, 3.63) is 95.1 Å². The van der Waals surface area contributed by atoms with E-state index in [1.165, 1.54) is 17.0 Å². The molecule has 0 fully saturated rings. The number of amides is 2. The van der Waals surface area contributed by atoms with Crippen LogP contribution in [0.15, 0.2) is 72.8 Å². The fourth-order valence-electron chi connectivity index (χ4n) is 2.90. The molecule has 0 spiro atoms. The van der Waals surface area contributed by atoms with Crippen molar-refractivity contribution in [2.24, 2.45) is 17.2 Å². The molecule has 0 aliphatic rings. The number of nitrogens with zero attached hydrogens (tertiary/aromatic N) is 1. The number of nitrogens with two attached hydrogens (primary N) is 3. The zero-order valence-corrected chi connectivity index (χ0v) is 15.9. The van der Waals surface area contributed by atoms with E-state index in [0.29, 0.717) is 22.5 Å². The molecule has 8 nitrogen and oxygen atoms in total. The molecule has 0 aromatic heterocycles. The third-order valence-electron chi connectivity index (χ3n) is 4.47. The second-order valence-corrected chi connectivity index (χ2v) is 6.51. The van der Waals surface area contributed by atoms with Gasteiger partial charge in [-0.15, -0.1) is 0 Å². The van der Waals surface area contributed by atoms with Crippen molar-refractivity contribution in [3.8, 4) is 0 Å². The summed E-state index contributed by atoms with van der Waals surface area (Å²) in [6, 6.07) is 19.4. The van der Waals surface area contributed by atoms with Crippen molar-refractivity contribution in [1.29, 1.82) is 10.8 Å². The molecule has 0 aliphatic carbocycles. The fraction of sp³-hybridized carbons (Fsp3) is 0. The average Bonchev–Trinajstić information content (AvgIpc) is 2.74. The first-order valence-corrected chi connectivity index (χ1v) is 8.91. The van der Waals surface area contributed by atoms with Crippen molar-refractivity contribution < 1.29 is 9.59 Å². The lowest BCUT2D eigenvalue weighted by Crippen LogP contribution is -2.26. The van der Waals surface area contributed by atoms with Crippen LogP contribution in [-0.4, -0.2) is 23.5 Å². The summed E-state index contributed by atoms with van der Waals surface area (Å²) in [5.74, 6) is -1.18. The van der Waals surface area contributed by atoms with Gasteiger partial charge in [0.05, 0.1) is 0 Å². The van der Waals surface area contributed by atoms with E-state index in [4.69, 9.17) is 28.0 Å². The van der Waals surface area contributed by atoms with Crippen molar-refractivity contribution in [2.75, 3.05) is 4.90 Å². The van der Waals surface area contributed by atoms with Gasteiger partial charge in [-0.25, -0.2) is 0 Å². The van der Waals surface area contributed by atoms with Crippen LogP contribution in [0.25, 0.3) is 0 Å². The molecule has 3 aromatic rings. The number of nitrogens with one attached hydrogen (secondary N) is 2. The van der Waals surface area contributed by atoms with Crippen LogP contribution in [0, 0.1) is 10.8 Å². The summed E-state index contributed by atoms with van der Waals surface area (Å²) in [5.41, 5.74) is 19.0. The molecule has 3 aromatic carbocycles. The first kappa shape index (κ1) is 20.3. The summed E-state index contributed by atoms with van der Waals surface area (Å²) in [6.45, 7) is 0. The molecule has 3 rings (SSSR count). The lowest BCUT2D eigenvalue weighted by molar-refractivity contribution is 0.0998. The van der Waals surface area contributed by atoms with Gasteiger partial charge in [-0.1, -0.05) is 6.07 Å². The predicted octanol–water partition coefficient (Wildman–Crippen LogP) is 2.33. The minimum Gasteiger partial charge on any atom is -0.384 e. The van der Waals surface area contributed by atoms with Gasteiger partial charge in [0.15, 0.2) is 0 Å². The SMILES string of the molecule is N=C(N)c1ccc(N(C(=O)c2cccc(C(N)=O)c2)c2ccc(C(=N)N)cc2)cc1. The molecule has 8 heteroatoms. The Morgan fingerprint density at radius 3 is 1.47 bits per heavy atom. The normalized spacial score (nSPS) is 10.3. The molecule has 0 saturated heterocycles. The summed E-state index contributed by atoms with van der Waals surface area (Å²) in [4.78, 5) is 26.4. The third-order valence-corrected chi connectivity index (χ3v) is 4.47. The van der Waals surface area contributed by atoms with Crippen LogP contribution in [0.5, 0.6) is 0 Å². The predicted molar refractivity (Wildman–Crippen MR) is 116 cm³/mol. The lowest BCUT2D eigenvalue weighted by atomic mass is 10.1. The number of hydrogen-bond acceptors (Lipinski definition) is 4. The quantitative estimate of drug-likeness (QED) is 0.317. The van der Waals surface area contributed by atoms with E-state index in [0.717, 1.165) is 0 Å². The molecule has 0 saturated carbocycles. The van der Waals surface area contributed by atoms with Gasteiger partial charge >= 0.3 is 0 Å². The topological polar surface area (TPSA) is 163 Å². The maximum Gasteiger partial charge on any atom is 0.262 e. The van der Waals surface area contributed by atoms with E-state index >= 15 is 0 Å². The Kier molecular flexibility index (Phi) is 5.59.